The van der Waals surface area contributed by atoms with Crippen LogP contribution < -0.4 is 5.32 Å². The summed E-state index contributed by atoms with van der Waals surface area (Å²) in [6.45, 7) is 3.16. The molecule has 3 rings (SSSR count). The predicted octanol–water partition coefficient (Wildman–Crippen LogP) is 4.23. The van der Waals surface area contributed by atoms with Gasteiger partial charge in [0.15, 0.2) is 5.78 Å². The van der Waals surface area contributed by atoms with E-state index in [4.69, 9.17) is 0 Å². The number of ketones is 1. The van der Waals surface area contributed by atoms with E-state index in [9.17, 15) is 18.0 Å². The van der Waals surface area contributed by atoms with Crippen LogP contribution in [0.25, 0.3) is 11.0 Å². The Kier molecular flexibility index (Phi) is 3.75. The van der Waals surface area contributed by atoms with Crippen LogP contribution in [0.4, 0.5) is 24.7 Å². The van der Waals surface area contributed by atoms with Gasteiger partial charge in [0.1, 0.15) is 11.5 Å². The molecule has 2 heterocycles. The van der Waals surface area contributed by atoms with Crippen molar-refractivity contribution in [3.8, 4) is 0 Å². The van der Waals surface area contributed by atoms with Crippen molar-refractivity contribution in [2.45, 2.75) is 20.0 Å². The number of fused-ring (bicyclic) bond motifs is 1. The molecule has 0 atom stereocenters. The summed E-state index contributed by atoms with van der Waals surface area (Å²) >= 11 is 0. The second-order valence-corrected chi connectivity index (χ2v) is 5.37. The van der Waals surface area contributed by atoms with E-state index in [1.54, 1.807) is 37.3 Å². The lowest BCUT2D eigenvalue weighted by molar-refractivity contribution is -0.144. The maximum absolute atomic E-state index is 13.0. The molecule has 0 aliphatic heterocycles. The lowest BCUT2D eigenvalue weighted by atomic mass is 10.1. The first kappa shape index (κ1) is 16.0. The molecule has 0 aliphatic rings. The average Bonchev–Trinajstić information content (AvgIpc) is 2.87. The molecule has 0 spiro atoms. The second-order valence-electron chi connectivity index (χ2n) is 5.37. The number of hydrogen-bond donors (Lipinski definition) is 2. The first-order valence-corrected chi connectivity index (χ1v) is 7.06. The number of halogens is 3. The molecule has 124 valence electrons. The van der Waals surface area contributed by atoms with E-state index in [2.05, 4.69) is 20.3 Å². The molecule has 0 radical (unpaired) electrons. The lowest BCUT2D eigenvalue weighted by Crippen LogP contribution is -2.12. The van der Waals surface area contributed by atoms with Gasteiger partial charge in [-0.05, 0) is 44.2 Å². The summed E-state index contributed by atoms with van der Waals surface area (Å²) in [5.74, 6) is -1.27. The Hall–Kier alpha value is -2.90. The third kappa shape index (κ3) is 3.08. The van der Waals surface area contributed by atoms with Crippen molar-refractivity contribution in [3.05, 3.63) is 47.4 Å². The summed E-state index contributed by atoms with van der Waals surface area (Å²) in [5, 5.41) is 3.31. The van der Waals surface area contributed by atoms with Gasteiger partial charge >= 0.3 is 6.18 Å². The van der Waals surface area contributed by atoms with E-state index in [-0.39, 0.29) is 17.2 Å². The Morgan fingerprint density at radius 2 is 1.83 bits per heavy atom. The Bertz CT molecular complexity index is 913. The van der Waals surface area contributed by atoms with Gasteiger partial charge in [-0.15, -0.1) is 0 Å². The molecule has 1 aromatic carbocycles. The summed E-state index contributed by atoms with van der Waals surface area (Å²) in [7, 11) is 0. The molecule has 0 aliphatic carbocycles. The fourth-order valence-electron chi connectivity index (χ4n) is 2.29. The molecule has 8 heteroatoms. The smallest absolute Gasteiger partial charge is 0.343 e. The number of benzene rings is 1. The molecule has 24 heavy (non-hydrogen) atoms. The van der Waals surface area contributed by atoms with Crippen LogP contribution in [-0.4, -0.2) is 20.7 Å². The van der Waals surface area contributed by atoms with E-state index in [0.29, 0.717) is 22.3 Å². The van der Waals surface area contributed by atoms with Crippen LogP contribution in [0.3, 0.4) is 0 Å². The highest BCUT2D eigenvalue weighted by molar-refractivity contribution is 5.94. The quantitative estimate of drug-likeness (QED) is 0.703. The molecule has 0 saturated heterocycles. The third-order valence-electron chi connectivity index (χ3n) is 3.43. The number of Topliss-reactive ketones (excluding diaryl/α,β-unsaturated/α-hetero) is 1. The fraction of sp³-hybridized carbons (Fsp3) is 0.188. The van der Waals surface area contributed by atoms with Crippen molar-refractivity contribution in [2.75, 3.05) is 5.32 Å². The molecule has 0 bridgehead atoms. The minimum absolute atomic E-state index is 0.0484. The first-order chi connectivity index (χ1) is 11.2. The minimum Gasteiger partial charge on any atom is -0.343 e. The van der Waals surface area contributed by atoms with Gasteiger partial charge in [0.05, 0.1) is 5.39 Å². The van der Waals surface area contributed by atoms with E-state index < -0.39 is 12.0 Å². The largest absolute Gasteiger partial charge is 0.451 e. The Morgan fingerprint density at radius 1 is 1.17 bits per heavy atom. The Balaban J connectivity index is 2.05. The van der Waals surface area contributed by atoms with Gasteiger partial charge in [0.2, 0.25) is 5.82 Å². The van der Waals surface area contributed by atoms with Crippen LogP contribution in [0, 0.1) is 6.92 Å². The Labute approximate surface area is 134 Å². The average molecular weight is 334 g/mol. The summed E-state index contributed by atoms with van der Waals surface area (Å²) in [6.07, 6.45) is -4.65. The highest BCUT2D eigenvalue weighted by atomic mass is 19.4. The van der Waals surface area contributed by atoms with Crippen molar-refractivity contribution < 1.29 is 18.0 Å². The zero-order chi connectivity index (χ0) is 17.5. The van der Waals surface area contributed by atoms with Crippen LogP contribution >= 0.6 is 0 Å². The van der Waals surface area contributed by atoms with Crippen LogP contribution in [0.15, 0.2) is 30.3 Å². The van der Waals surface area contributed by atoms with Gasteiger partial charge in [-0.2, -0.15) is 13.2 Å². The highest BCUT2D eigenvalue weighted by Crippen LogP contribution is 2.31. The number of H-pyrrole nitrogens is 1. The van der Waals surface area contributed by atoms with Crippen LogP contribution in [-0.2, 0) is 6.18 Å². The number of nitrogens with zero attached hydrogens (tertiary/aromatic N) is 2. The number of carbonyl (C=O) groups excluding carboxylic acids is 1. The molecule has 2 aromatic heterocycles. The number of aromatic amines is 1. The molecular formula is C16H13F3N4O. The maximum atomic E-state index is 13.0. The number of aromatic nitrogens is 3. The summed E-state index contributed by atoms with van der Waals surface area (Å²) in [4.78, 5) is 21.2. The Morgan fingerprint density at radius 3 is 2.42 bits per heavy atom. The van der Waals surface area contributed by atoms with Crippen molar-refractivity contribution in [3.63, 3.8) is 0 Å². The number of nitrogens with one attached hydrogen (secondary N) is 2. The van der Waals surface area contributed by atoms with Gasteiger partial charge in [-0.1, -0.05) is 0 Å². The molecule has 0 fully saturated rings. The number of carbonyl (C=O) groups is 1. The SMILES string of the molecule is CC(=O)c1ccc(Nc2nc(C(F)(F)F)nc3[nH]c(C)cc23)cc1. The van der Waals surface area contributed by atoms with Crippen LogP contribution in [0.2, 0.25) is 0 Å². The van der Waals surface area contributed by atoms with Crippen LogP contribution in [0.5, 0.6) is 0 Å². The number of anilines is 2. The third-order valence-corrected chi connectivity index (χ3v) is 3.43. The zero-order valence-electron chi connectivity index (χ0n) is 12.8. The summed E-state index contributed by atoms with van der Waals surface area (Å²) < 4.78 is 38.9. The van der Waals surface area contributed by atoms with Crippen molar-refractivity contribution in [2.24, 2.45) is 0 Å². The lowest BCUT2D eigenvalue weighted by Gasteiger charge is -2.10. The number of alkyl halides is 3. The number of rotatable bonds is 3. The van der Waals surface area contributed by atoms with E-state index in [1.165, 1.54) is 6.92 Å². The molecular weight excluding hydrogens is 321 g/mol. The van der Waals surface area contributed by atoms with Crippen molar-refractivity contribution >= 4 is 28.3 Å². The highest BCUT2D eigenvalue weighted by Gasteiger charge is 2.35. The van der Waals surface area contributed by atoms with Crippen LogP contribution in [0.1, 0.15) is 28.8 Å². The summed E-state index contributed by atoms with van der Waals surface area (Å²) in [6, 6.07) is 8.07. The fourth-order valence-corrected chi connectivity index (χ4v) is 2.29. The zero-order valence-corrected chi connectivity index (χ0v) is 12.8. The number of aryl methyl sites for hydroxylation is 1. The molecule has 0 saturated carbocycles. The number of hydrogen-bond acceptors (Lipinski definition) is 4. The van der Waals surface area contributed by atoms with E-state index in [1.807, 2.05) is 0 Å². The van der Waals surface area contributed by atoms with Crippen molar-refractivity contribution in [1.29, 1.82) is 0 Å². The molecule has 0 unspecified atom stereocenters. The second kappa shape index (κ2) is 5.63. The monoisotopic (exact) mass is 334 g/mol. The summed E-state index contributed by atoms with van der Waals surface area (Å²) in [5.41, 5.74) is 1.82. The van der Waals surface area contributed by atoms with Gasteiger partial charge in [0, 0.05) is 16.9 Å². The molecule has 0 amide bonds. The van der Waals surface area contributed by atoms with Gasteiger partial charge < -0.3 is 10.3 Å². The minimum atomic E-state index is -4.65. The predicted molar refractivity (Wildman–Crippen MR) is 83.4 cm³/mol. The normalized spacial score (nSPS) is 11.7. The van der Waals surface area contributed by atoms with Gasteiger partial charge in [-0.3, -0.25) is 4.79 Å². The maximum Gasteiger partial charge on any atom is 0.451 e. The van der Waals surface area contributed by atoms with Gasteiger partial charge in [-0.25, -0.2) is 9.97 Å². The molecule has 3 aromatic rings. The molecule has 5 nitrogen and oxygen atoms in total. The topological polar surface area (TPSA) is 70.7 Å². The molecule has 2 N–H and O–H groups in total. The van der Waals surface area contributed by atoms with Crippen molar-refractivity contribution in [1.82, 2.24) is 15.0 Å². The first-order valence-electron chi connectivity index (χ1n) is 7.06. The van der Waals surface area contributed by atoms with E-state index in [0.717, 1.165) is 0 Å². The standard InChI is InChI=1S/C16H13F3N4O/c1-8-7-12-13(20-8)22-15(16(17,18)19)23-14(12)21-11-5-3-10(4-6-11)9(2)24/h3-7H,1-2H3,(H2,20,21,22,23). The van der Waals surface area contributed by atoms with Gasteiger partial charge in [0.25, 0.3) is 0 Å². The van der Waals surface area contributed by atoms with E-state index >= 15 is 0 Å².